The van der Waals surface area contributed by atoms with E-state index >= 15 is 0 Å². The fraction of sp³-hybridized carbons (Fsp3) is 0.300. The summed E-state index contributed by atoms with van der Waals surface area (Å²) in [5.41, 5.74) is 1.23. The Morgan fingerprint density at radius 2 is 2.17 bits per heavy atom. The van der Waals surface area contributed by atoms with Crippen molar-refractivity contribution < 1.29 is 4.39 Å². The van der Waals surface area contributed by atoms with Crippen molar-refractivity contribution >= 4 is 6.08 Å². The second-order valence-corrected chi connectivity index (χ2v) is 2.96. The van der Waals surface area contributed by atoms with Gasteiger partial charge in [-0.3, -0.25) is 4.98 Å². The van der Waals surface area contributed by atoms with E-state index in [0.717, 1.165) is 5.69 Å². The molecule has 1 nitrogen and oxygen atoms in total. The maximum absolute atomic E-state index is 13.1. The van der Waals surface area contributed by atoms with E-state index in [0.29, 0.717) is 5.69 Å². The Morgan fingerprint density at radius 3 is 2.67 bits per heavy atom. The Morgan fingerprint density at radius 1 is 1.50 bits per heavy atom. The maximum atomic E-state index is 13.1. The highest BCUT2D eigenvalue weighted by atomic mass is 19.1. The minimum Gasteiger partial charge on any atom is -0.250 e. The molecular weight excluding hydrogens is 153 g/mol. The van der Waals surface area contributed by atoms with Gasteiger partial charge in [0, 0.05) is 0 Å². The standard InChI is InChI=1S/C10H12FN/c1-4-8-5-6-9(11)10(12-8)7(2)3/h4-7H,1H2,2-3H3. The highest BCUT2D eigenvalue weighted by Crippen LogP contribution is 2.16. The summed E-state index contributed by atoms with van der Waals surface area (Å²) in [5.74, 6) is -0.125. The number of rotatable bonds is 2. The van der Waals surface area contributed by atoms with Gasteiger partial charge >= 0.3 is 0 Å². The zero-order valence-corrected chi connectivity index (χ0v) is 7.34. The number of aromatic nitrogens is 1. The van der Waals surface area contributed by atoms with E-state index in [-0.39, 0.29) is 11.7 Å². The van der Waals surface area contributed by atoms with Gasteiger partial charge in [-0.15, -0.1) is 0 Å². The van der Waals surface area contributed by atoms with Gasteiger partial charge in [-0.25, -0.2) is 4.39 Å². The first-order valence-corrected chi connectivity index (χ1v) is 3.94. The van der Waals surface area contributed by atoms with Gasteiger partial charge in [0.05, 0.1) is 11.4 Å². The van der Waals surface area contributed by atoms with Crippen LogP contribution < -0.4 is 0 Å². The van der Waals surface area contributed by atoms with Gasteiger partial charge in [0.15, 0.2) is 0 Å². The summed E-state index contributed by atoms with van der Waals surface area (Å²) in [6, 6.07) is 3.05. The molecule has 64 valence electrons. The van der Waals surface area contributed by atoms with Crippen molar-refractivity contribution in [2.45, 2.75) is 19.8 Å². The molecular formula is C10H12FN. The topological polar surface area (TPSA) is 12.9 Å². The summed E-state index contributed by atoms with van der Waals surface area (Å²) in [5, 5.41) is 0. The molecule has 0 radical (unpaired) electrons. The normalized spacial score (nSPS) is 10.3. The molecule has 1 aromatic rings. The zero-order valence-electron chi connectivity index (χ0n) is 7.34. The van der Waals surface area contributed by atoms with Crippen LogP contribution in [0.15, 0.2) is 18.7 Å². The molecule has 0 N–H and O–H groups in total. The quantitative estimate of drug-likeness (QED) is 0.656. The molecule has 1 rings (SSSR count). The SMILES string of the molecule is C=Cc1ccc(F)c(C(C)C)n1. The lowest BCUT2D eigenvalue weighted by Crippen LogP contribution is -1.98. The Bertz CT molecular complexity index is 292. The fourth-order valence-corrected chi connectivity index (χ4v) is 0.992. The van der Waals surface area contributed by atoms with Crippen LogP contribution in [0.5, 0.6) is 0 Å². The van der Waals surface area contributed by atoms with Crippen molar-refractivity contribution in [2.24, 2.45) is 0 Å². The third-order valence-electron chi connectivity index (χ3n) is 1.65. The summed E-state index contributed by atoms with van der Waals surface area (Å²) >= 11 is 0. The van der Waals surface area contributed by atoms with E-state index < -0.39 is 0 Å². The van der Waals surface area contributed by atoms with Gasteiger partial charge < -0.3 is 0 Å². The molecule has 0 unspecified atom stereocenters. The summed E-state index contributed by atoms with van der Waals surface area (Å²) in [4.78, 5) is 4.10. The average molecular weight is 165 g/mol. The first kappa shape index (κ1) is 8.91. The molecule has 0 amide bonds. The van der Waals surface area contributed by atoms with Gasteiger partial charge in [-0.1, -0.05) is 20.4 Å². The van der Waals surface area contributed by atoms with E-state index in [1.54, 1.807) is 12.1 Å². The monoisotopic (exact) mass is 165 g/mol. The Balaban J connectivity index is 3.16. The molecule has 0 bridgehead atoms. The summed E-state index contributed by atoms with van der Waals surface area (Å²) in [7, 11) is 0. The lowest BCUT2D eigenvalue weighted by atomic mass is 10.1. The van der Waals surface area contributed by atoms with Crippen molar-refractivity contribution in [1.29, 1.82) is 0 Å². The minimum atomic E-state index is -0.240. The van der Waals surface area contributed by atoms with Crippen LogP contribution >= 0.6 is 0 Å². The molecule has 0 atom stereocenters. The van der Waals surface area contributed by atoms with Crippen LogP contribution in [0.4, 0.5) is 4.39 Å². The van der Waals surface area contributed by atoms with E-state index in [2.05, 4.69) is 11.6 Å². The average Bonchev–Trinajstić information content (AvgIpc) is 2.05. The summed E-state index contributed by atoms with van der Waals surface area (Å²) in [6.07, 6.45) is 1.62. The van der Waals surface area contributed by atoms with Crippen LogP contribution in [0.1, 0.15) is 31.2 Å². The lowest BCUT2D eigenvalue weighted by molar-refractivity contribution is 0.584. The highest BCUT2D eigenvalue weighted by molar-refractivity contribution is 5.41. The smallest absolute Gasteiger partial charge is 0.144 e. The Kier molecular flexibility index (Phi) is 2.58. The summed E-state index contributed by atoms with van der Waals surface area (Å²) < 4.78 is 13.1. The van der Waals surface area contributed by atoms with Crippen molar-refractivity contribution in [1.82, 2.24) is 4.98 Å². The number of hydrogen-bond donors (Lipinski definition) is 0. The van der Waals surface area contributed by atoms with Crippen LogP contribution in [0.25, 0.3) is 6.08 Å². The Hall–Kier alpha value is -1.18. The molecule has 0 fully saturated rings. The molecule has 0 aliphatic carbocycles. The predicted octanol–water partition coefficient (Wildman–Crippen LogP) is 2.99. The number of halogens is 1. The van der Waals surface area contributed by atoms with E-state index in [1.165, 1.54) is 6.07 Å². The first-order chi connectivity index (χ1) is 5.65. The fourth-order valence-electron chi connectivity index (χ4n) is 0.992. The van der Waals surface area contributed by atoms with E-state index in [9.17, 15) is 4.39 Å². The van der Waals surface area contributed by atoms with Crippen molar-refractivity contribution in [3.63, 3.8) is 0 Å². The lowest BCUT2D eigenvalue weighted by Gasteiger charge is -2.05. The van der Waals surface area contributed by atoms with E-state index in [1.807, 2.05) is 13.8 Å². The molecule has 1 heterocycles. The van der Waals surface area contributed by atoms with Crippen LogP contribution in [0, 0.1) is 5.82 Å². The van der Waals surface area contributed by atoms with Crippen molar-refractivity contribution in [3.05, 3.63) is 35.9 Å². The van der Waals surface area contributed by atoms with Gasteiger partial charge in [0.25, 0.3) is 0 Å². The zero-order chi connectivity index (χ0) is 9.14. The van der Waals surface area contributed by atoms with Gasteiger partial charge in [0.2, 0.25) is 0 Å². The molecule has 0 spiro atoms. The second-order valence-electron chi connectivity index (χ2n) is 2.96. The van der Waals surface area contributed by atoms with Gasteiger partial charge in [-0.05, 0) is 24.1 Å². The molecule has 1 aromatic heterocycles. The molecule has 0 saturated carbocycles. The molecule has 12 heavy (non-hydrogen) atoms. The van der Waals surface area contributed by atoms with Crippen LogP contribution in [-0.4, -0.2) is 4.98 Å². The first-order valence-electron chi connectivity index (χ1n) is 3.94. The van der Waals surface area contributed by atoms with Crippen molar-refractivity contribution in [3.8, 4) is 0 Å². The maximum Gasteiger partial charge on any atom is 0.144 e. The van der Waals surface area contributed by atoms with Gasteiger partial charge in [0.1, 0.15) is 5.82 Å². The van der Waals surface area contributed by atoms with Gasteiger partial charge in [-0.2, -0.15) is 0 Å². The molecule has 0 aromatic carbocycles. The number of hydrogen-bond acceptors (Lipinski definition) is 1. The highest BCUT2D eigenvalue weighted by Gasteiger charge is 2.07. The van der Waals surface area contributed by atoms with Crippen LogP contribution in [0.3, 0.4) is 0 Å². The Labute approximate surface area is 72.0 Å². The molecule has 0 aliphatic rings. The van der Waals surface area contributed by atoms with E-state index in [4.69, 9.17) is 0 Å². The molecule has 0 aliphatic heterocycles. The third-order valence-corrected chi connectivity index (χ3v) is 1.65. The largest absolute Gasteiger partial charge is 0.250 e. The van der Waals surface area contributed by atoms with Crippen molar-refractivity contribution in [2.75, 3.05) is 0 Å². The minimum absolute atomic E-state index is 0.116. The number of nitrogens with zero attached hydrogens (tertiary/aromatic N) is 1. The second kappa shape index (κ2) is 3.48. The molecule has 2 heteroatoms. The molecule has 0 saturated heterocycles. The number of pyridine rings is 1. The third kappa shape index (κ3) is 1.70. The van der Waals surface area contributed by atoms with Crippen LogP contribution in [0.2, 0.25) is 0 Å². The summed E-state index contributed by atoms with van der Waals surface area (Å²) in [6.45, 7) is 7.41. The predicted molar refractivity (Wildman–Crippen MR) is 48.4 cm³/mol. The van der Waals surface area contributed by atoms with Crippen LogP contribution in [-0.2, 0) is 0 Å².